The summed E-state index contributed by atoms with van der Waals surface area (Å²) in [6.07, 6.45) is 11.7. The molecule has 2 aromatic carbocycles. The van der Waals surface area contributed by atoms with Gasteiger partial charge in [0.25, 0.3) is 0 Å². The molecule has 4 aromatic heterocycles. The first kappa shape index (κ1) is 31.2. The van der Waals surface area contributed by atoms with Crippen LogP contribution in [-0.2, 0) is 12.8 Å². The maximum Gasteiger partial charge on any atom is 0.248 e. The molecular formula is C36H36N8O3. The fraction of sp³-hybridized carbons (Fsp3) is 0.222. The van der Waals surface area contributed by atoms with Crippen molar-refractivity contribution in [2.24, 2.45) is 5.73 Å². The summed E-state index contributed by atoms with van der Waals surface area (Å²) in [5.41, 5.74) is 19.3. The molecule has 0 radical (unpaired) electrons. The van der Waals surface area contributed by atoms with E-state index in [0.29, 0.717) is 18.0 Å². The number of anilines is 1. The first-order valence-corrected chi connectivity index (χ1v) is 15.8. The average molecular weight is 629 g/mol. The number of nitrogens with two attached hydrogens (primary N) is 2. The summed E-state index contributed by atoms with van der Waals surface area (Å²) in [4.78, 5) is 35.5. The first-order chi connectivity index (χ1) is 22.9. The standard InChI is InChI=1S/C26H23N7.C8H7NO3.C2H6/c27-24-20(6-2-11-28-24)25-31-23-21(17-7-8-17)15-22(32-13-3-12-29-32)30-26(23)33(25)19-10-9-16-4-1-5-18(16)14-19;9-8(12)5-1-2-7(11)6(3-5)4-10;1-2/h2-3,6,9-15,17H,1,4-5,7-8H2,(H2,27,28);1-4,11H,(H2,9,12);1-2H3. The number of imidazole rings is 1. The number of hydrogen-bond donors (Lipinski definition) is 3. The number of aldehydes is 1. The van der Waals surface area contributed by atoms with Crippen LogP contribution in [0.3, 0.4) is 0 Å². The second-order valence-corrected chi connectivity index (χ2v) is 11.2. The molecule has 238 valence electrons. The molecule has 0 atom stereocenters. The molecule has 5 N–H and O–H groups in total. The van der Waals surface area contributed by atoms with E-state index < -0.39 is 5.91 Å². The number of carbonyl (C=O) groups is 2. The molecule has 0 spiro atoms. The highest BCUT2D eigenvalue weighted by Gasteiger charge is 2.30. The van der Waals surface area contributed by atoms with E-state index in [1.165, 1.54) is 54.2 Å². The number of benzene rings is 2. The highest BCUT2D eigenvalue weighted by molar-refractivity contribution is 5.95. The zero-order valence-corrected chi connectivity index (χ0v) is 26.3. The third-order valence-corrected chi connectivity index (χ3v) is 8.25. The quantitative estimate of drug-likeness (QED) is 0.190. The van der Waals surface area contributed by atoms with Gasteiger partial charge in [0.1, 0.15) is 17.1 Å². The summed E-state index contributed by atoms with van der Waals surface area (Å²) in [7, 11) is 0. The summed E-state index contributed by atoms with van der Waals surface area (Å²) in [5, 5.41) is 13.5. The molecule has 4 heterocycles. The molecule has 1 amide bonds. The Bertz CT molecular complexity index is 2080. The van der Waals surface area contributed by atoms with E-state index >= 15 is 0 Å². The summed E-state index contributed by atoms with van der Waals surface area (Å²) < 4.78 is 3.98. The zero-order valence-electron chi connectivity index (χ0n) is 26.3. The number of nitrogen functional groups attached to an aromatic ring is 1. The van der Waals surface area contributed by atoms with E-state index in [2.05, 4.69) is 38.9 Å². The summed E-state index contributed by atoms with van der Waals surface area (Å²) in [5.74, 6) is 1.78. The molecule has 0 saturated heterocycles. The predicted octanol–water partition coefficient (Wildman–Crippen LogP) is 5.95. The molecule has 11 heteroatoms. The Morgan fingerprint density at radius 2 is 1.79 bits per heavy atom. The second kappa shape index (κ2) is 13.3. The molecule has 8 rings (SSSR count). The van der Waals surface area contributed by atoms with Crippen LogP contribution in [0.2, 0.25) is 0 Å². The zero-order chi connectivity index (χ0) is 33.1. The van der Waals surface area contributed by atoms with Crippen LogP contribution in [0.5, 0.6) is 5.75 Å². The Hall–Kier alpha value is -5.84. The molecule has 0 aliphatic heterocycles. The van der Waals surface area contributed by atoms with E-state index in [4.69, 9.17) is 26.5 Å². The molecule has 1 saturated carbocycles. The average Bonchev–Trinajstić information content (AvgIpc) is 3.44. The van der Waals surface area contributed by atoms with Crippen molar-refractivity contribution in [1.29, 1.82) is 0 Å². The van der Waals surface area contributed by atoms with E-state index in [1.807, 2.05) is 42.9 Å². The largest absolute Gasteiger partial charge is 0.507 e. The van der Waals surface area contributed by atoms with Gasteiger partial charge in [0, 0.05) is 29.8 Å². The minimum Gasteiger partial charge on any atom is -0.507 e. The minimum absolute atomic E-state index is 0.0614. The van der Waals surface area contributed by atoms with Crippen molar-refractivity contribution in [2.75, 3.05) is 5.73 Å². The Morgan fingerprint density at radius 1 is 0.979 bits per heavy atom. The third-order valence-electron chi connectivity index (χ3n) is 8.25. The lowest BCUT2D eigenvalue weighted by Gasteiger charge is -2.12. The molecular weight excluding hydrogens is 592 g/mol. The Balaban J connectivity index is 0.000000234. The summed E-state index contributed by atoms with van der Waals surface area (Å²) in [6.45, 7) is 4.00. The number of hydrogen-bond acceptors (Lipinski definition) is 8. The molecule has 2 aliphatic carbocycles. The number of aromatic nitrogens is 6. The maximum absolute atomic E-state index is 10.6. The number of aryl methyl sites for hydroxylation is 2. The number of aromatic hydroxyl groups is 1. The Labute approximate surface area is 271 Å². The normalized spacial score (nSPS) is 13.2. The number of amides is 1. The summed E-state index contributed by atoms with van der Waals surface area (Å²) in [6, 6.07) is 18.5. The van der Waals surface area contributed by atoms with Crippen LogP contribution in [0, 0.1) is 0 Å². The van der Waals surface area contributed by atoms with Crippen LogP contribution < -0.4 is 11.5 Å². The first-order valence-electron chi connectivity index (χ1n) is 15.8. The number of phenols is 1. The number of primary amides is 1. The maximum atomic E-state index is 10.6. The lowest BCUT2D eigenvalue weighted by atomic mass is 10.1. The lowest BCUT2D eigenvalue weighted by molar-refractivity contribution is 0.1000. The van der Waals surface area contributed by atoms with Gasteiger partial charge in [-0.2, -0.15) is 5.10 Å². The molecule has 0 unspecified atom stereocenters. The van der Waals surface area contributed by atoms with Crippen molar-refractivity contribution < 1.29 is 14.7 Å². The Kier molecular flexibility index (Phi) is 8.79. The number of nitrogens with zero attached hydrogens (tertiary/aromatic N) is 6. The molecule has 2 aliphatic rings. The molecule has 6 aromatic rings. The van der Waals surface area contributed by atoms with E-state index in [9.17, 15) is 9.59 Å². The monoisotopic (exact) mass is 628 g/mol. The van der Waals surface area contributed by atoms with Gasteiger partial charge in [-0.1, -0.05) is 19.9 Å². The van der Waals surface area contributed by atoms with Gasteiger partial charge >= 0.3 is 0 Å². The second-order valence-electron chi connectivity index (χ2n) is 11.2. The fourth-order valence-corrected chi connectivity index (χ4v) is 5.82. The molecule has 0 bridgehead atoms. The summed E-state index contributed by atoms with van der Waals surface area (Å²) >= 11 is 0. The molecule has 11 nitrogen and oxygen atoms in total. The van der Waals surface area contributed by atoms with Crippen molar-refractivity contribution >= 4 is 29.2 Å². The van der Waals surface area contributed by atoms with Crippen molar-refractivity contribution in [3.05, 3.63) is 107 Å². The van der Waals surface area contributed by atoms with Crippen LogP contribution in [0.4, 0.5) is 5.82 Å². The van der Waals surface area contributed by atoms with Gasteiger partial charge in [0.15, 0.2) is 23.6 Å². The van der Waals surface area contributed by atoms with Gasteiger partial charge in [-0.15, -0.1) is 0 Å². The topological polar surface area (TPSA) is 168 Å². The Morgan fingerprint density at radius 3 is 2.49 bits per heavy atom. The molecule has 1 fully saturated rings. The van der Waals surface area contributed by atoms with E-state index in [0.717, 1.165) is 46.9 Å². The number of pyridine rings is 2. The van der Waals surface area contributed by atoms with Crippen LogP contribution in [0.1, 0.15) is 76.4 Å². The molecule has 47 heavy (non-hydrogen) atoms. The highest BCUT2D eigenvalue weighted by Crippen LogP contribution is 2.44. The lowest BCUT2D eigenvalue weighted by Crippen LogP contribution is -2.10. The van der Waals surface area contributed by atoms with Crippen LogP contribution in [-0.4, -0.2) is 46.6 Å². The van der Waals surface area contributed by atoms with Gasteiger partial charge in [-0.05, 0) is 109 Å². The van der Waals surface area contributed by atoms with Crippen molar-refractivity contribution in [1.82, 2.24) is 29.3 Å². The van der Waals surface area contributed by atoms with E-state index in [-0.39, 0.29) is 16.9 Å². The van der Waals surface area contributed by atoms with Crippen molar-refractivity contribution in [3.8, 4) is 28.6 Å². The van der Waals surface area contributed by atoms with Crippen molar-refractivity contribution in [3.63, 3.8) is 0 Å². The van der Waals surface area contributed by atoms with Gasteiger partial charge in [-0.25, -0.2) is 19.6 Å². The third kappa shape index (κ3) is 6.19. The van der Waals surface area contributed by atoms with Gasteiger partial charge in [-0.3, -0.25) is 14.2 Å². The van der Waals surface area contributed by atoms with Gasteiger partial charge in [0.2, 0.25) is 5.91 Å². The van der Waals surface area contributed by atoms with Crippen molar-refractivity contribution in [2.45, 2.75) is 51.9 Å². The van der Waals surface area contributed by atoms with Crippen LogP contribution >= 0.6 is 0 Å². The predicted molar refractivity (Wildman–Crippen MR) is 181 cm³/mol. The fourth-order valence-electron chi connectivity index (χ4n) is 5.82. The number of rotatable bonds is 6. The van der Waals surface area contributed by atoms with Crippen LogP contribution in [0.15, 0.2) is 79.3 Å². The smallest absolute Gasteiger partial charge is 0.248 e. The number of fused-ring (bicyclic) bond motifs is 2. The van der Waals surface area contributed by atoms with Crippen LogP contribution in [0.25, 0.3) is 34.1 Å². The minimum atomic E-state index is -0.627. The van der Waals surface area contributed by atoms with E-state index in [1.54, 1.807) is 12.4 Å². The number of carbonyl (C=O) groups excluding carboxylic acids is 2. The number of phenolic OH excluding ortho intramolecular Hbond substituents is 1. The SMILES string of the molecule is CC.NC(=O)c1ccc(O)c(C=O)c1.Nc1ncccc1-c1nc2c(C3CC3)cc(-n3cccn3)nc2n1-c1ccc2c(c1)CCC2. The van der Waals surface area contributed by atoms with Gasteiger partial charge < -0.3 is 16.6 Å². The van der Waals surface area contributed by atoms with Gasteiger partial charge in [0.05, 0.1) is 11.1 Å². The highest BCUT2D eigenvalue weighted by atomic mass is 16.3.